The SMILES string of the molecule is Cc1ccc(Nc2ccc(F)cc2)c(C(=O)O)c1. The minimum absolute atomic E-state index is 0.194. The molecule has 0 aromatic heterocycles. The van der Waals surface area contributed by atoms with Crippen molar-refractivity contribution >= 4 is 17.3 Å². The van der Waals surface area contributed by atoms with E-state index in [2.05, 4.69) is 5.32 Å². The van der Waals surface area contributed by atoms with Gasteiger partial charge in [0, 0.05) is 5.69 Å². The van der Waals surface area contributed by atoms with Crippen molar-refractivity contribution in [1.29, 1.82) is 0 Å². The van der Waals surface area contributed by atoms with Crippen LogP contribution in [-0.4, -0.2) is 11.1 Å². The van der Waals surface area contributed by atoms with Crippen molar-refractivity contribution in [3.05, 3.63) is 59.4 Å². The van der Waals surface area contributed by atoms with Crippen LogP contribution in [0, 0.1) is 12.7 Å². The standard InChI is InChI=1S/C14H12FNO2/c1-9-2-7-13(12(8-9)14(17)18)16-11-5-3-10(15)4-6-11/h2-8,16H,1H3,(H,17,18). The van der Waals surface area contributed by atoms with Crippen molar-refractivity contribution in [3.63, 3.8) is 0 Å². The molecule has 2 rings (SSSR count). The highest BCUT2D eigenvalue weighted by molar-refractivity contribution is 5.95. The summed E-state index contributed by atoms with van der Waals surface area (Å²) >= 11 is 0. The van der Waals surface area contributed by atoms with E-state index < -0.39 is 5.97 Å². The molecular weight excluding hydrogens is 233 g/mol. The van der Waals surface area contributed by atoms with Gasteiger partial charge in [0.05, 0.1) is 11.3 Å². The Morgan fingerprint density at radius 1 is 1.17 bits per heavy atom. The summed E-state index contributed by atoms with van der Waals surface area (Å²) in [5.41, 5.74) is 2.19. The van der Waals surface area contributed by atoms with Crippen LogP contribution in [0.15, 0.2) is 42.5 Å². The molecule has 0 radical (unpaired) electrons. The molecule has 0 fully saturated rings. The van der Waals surface area contributed by atoms with Crippen molar-refractivity contribution in [2.24, 2.45) is 0 Å². The maximum atomic E-state index is 12.8. The largest absolute Gasteiger partial charge is 0.478 e. The number of rotatable bonds is 3. The Bertz CT molecular complexity index is 579. The lowest BCUT2D eigenvalue weighted by atomic mass is 10.1. The van der Waals surface area contributed by atoms with Crippen LogP contribution in [0.4, 0.5) is 15.8 Å². The Morgan fingerprint density at radius 3 is 2.44 bits per heavy atom. The van der Waals surface area contributed by atoms with Crippen molar-refractivity contribution in [2.45, 2.75) is 6.92 Å². The Morgan fingerprint density at radius 2 is 1.83 bits per heavy atom. The Kier molecular flexibility index (Phi) is 3.28. The van der Waals surface area contributed by atoms with E-state index in [1.807, 2.05) is 13.0 Å². The van der Waals surface area contributed by atoms with E-state index in [9.17, 15) is 9.18 Å². The predicted octanol–water partition coefficient (Wildman–Crippen LogP) is 3.58. The van der Waals surface area contributed by atoms with Gasteiger partial charge in [-0.05, 0) is 43.3 Å². The second kappa shape index (κ2) is 4.87. The van der Waals surface area contributed by atoms with Crippen molar-refractivity contribution in [1.82, 2.24) is 0 Å². The van der Waals surface area contributed by atoms with Gasteiger partial charge in [0.2, 0.25) is 0 Å². The number of hydrogen-bond acceptors (Lipinski definition) is 2. The van der Waals surface area contributed by atoms with Gasteiger partial charge < -0.3 is 10.4 Å². The van der Waals surface area contributed by atoms with Gasteiger partial charge >= 0.3 is 5.97 Å². The Hall–Kier alpha value is -2.36. The quantitative estimate of drug-likeness (QED) is 0.869. The molecule has 2 N–H and O–H groups in total. The molecule has 0 bridgehead atoms. The molecule has 0 saturated heterocycles. The normalized spacial score (nSPS) is 10.1. The zero-order chi connectivity index (χ0) is 13.1. The molecule has 0 aliphatic heterocycles. The van der Waals surface area contributed by atoms with Crippen LogP contribution < -0.4 is 5.32 Å². The zero-order valence-corrected chi connectivity index (χ0v) is 9.77. The molecule has 3 nitrogen and oxygen atoms in total. The van der Waals surface area contributed by atoms with E-state index in [0.29, 0.717) is 11.4 Å². The third kappa shape index (κ3) is 2.66. The number of carbonyl (C=O) groups is 1. The molecule has 0 spiro atoms. The number of hydrogen-bond donors (Lipinski definition) is 2. The smallest absolute Gasteiger partial charge is 0.337 e. The third-order valence-electron chi connectivity index (χ3n) is 2.53. The highest BCUT2D eigenvalue weighted by Gasteiger charge is 2.10. The fraction of sp³-hybridized carbons (Fsp3) is 0.0714. The summed E-state index contributed by atoms with van der Waals surface area (Å²) in [6.45, 7) is 1.83. The van der Waals surface area contributed by atoms with Crippen LogP contribution in [0.25, 0.3) is 0 Å². The monoisotopic (exact) mass is 245 g/mol. The lowest BCUT2D eigenvalue weighted by molar-refractivity contribution is 0.0698. The summed E-state index contributed by atoms with van der Waals surface area (Å²) in [6.07, 6.45) is 0. The maximum absolute atomic E-state index is 12.8. The van der Waals surface area contributed by atoms with Gasteiger partial charge in [0.1, 0.15) is 5.82 Å². The predicted molar refractivity (Wildman–Crippen MR) is 67.8 cm³/mol. The number of carboxylic acid groups (broad SMARTS) is 1. The molecule has 4 heteroatoms. The van der Waals surface area contributed by atoms with E-state index >= 15 is 0 Å². The second-order valence-corrected chi connectivity index (χ2v) is 3.99. The zero-order valence-electron chi connectivity index (χ0n) is 9.77. The van der Waals surface area contributed by atoms with E-state index in [4.69, 9.17) is 5.11 Å². The highest BCUT2D eigenvalue weighted by atomic mass is 19.1. The first-order valence-corrected chi connectivity index (χ1v) is 5.43. The van der Waals surface area contributed by atoms with Gasteiger partial charge in [0.15, 0.2) is 0 Å². The van der Waals surface area contributed by atoms with Crippen LogP contribution in [0.1, 0.15) is 15.9 Å². The van der Waals surface area contributed by atoms with E-state index in [1.54, 1.807) is 24.3 Å². The van der Waals surface area contributed by atoms with Gasteiger partial charge in [0.25, 0.3) is 0 Å². The summed E-state index contributed by atoms with van der Waals surface area (Å²) in [4.78, 5) is 11.1. The van der Waals surface area contributed by atoms with Crippen LogP contribution in [0.5, 0.6) is 0 Å². The molecule has 0 saturated carbocycles. The van der Waals surface area contributed by atoms with Gasteiger partial charge in [-0.3, -0.25) is 0 Å². The van der Waals surface area contributed by atoms with E-state index in [0.717, 1.165) is 5.56 Å². The number of nitrogens with one attached hydrogen (secondary N) is 1. The average Bonchev–Trinajstić information content (AvgIpc) is 2.34. The fourth-order valence-electron chi connectivity index (χ4n) is 1.63. The maximum Gasteiger partial charge on any atom is 0.337 e. The molecular formula is C14H12FNO2. The number of anilines is 2. The average molecular weight is 245 g/mol. The fourth-order valence-corrected chi connectivity index (χ4v) is 1.63. The molecule has 18 heavy (non-hydrogen) atoms. The van der Waals surface area contributed by atoms with Crippen LogP contribution >= 0.6 is 0 Å². The molecule has 2 aromatic rings. The van der Waals surface area contributed by atoms with Gasteiger partial charge in [-0.1, -0.05) is 11.6 Å². The minimum atomic E-state index is -0.997. The van der Waals surface area contributed by atoms with E-state index in [1.165, 1.54) is 12.1 Å². The summed E-state index contributed by atoms with van der Waals surface area (Å²) in [6, 6.07) is 10.9. The van der Waals surface area contributed by atoms with Gasteiger partial charge in [-0.2, -0.15) is 0 Å². The number of benzene rings is 2. The van der Waals surface area contributed by atoms with E-state index in [-0.39, 0.29) is 11.4 Å². The first kappa shape index (κ1) is 12.1. The molecule has 2 aromatic carbocycles. The van der Waals surface area contributed by atoms with Crippen molar-refractivity contribution in [2.75, 3.05) is 5.32 Å². The topological polar surface area (TPSA) is 49.3 Å². The van der Waals surface area contributed by atoms with Gasteiger partial charge in [-0.15, -0.1) is 0 Å². The molecule has 0 heterocycles. The minimum Gasteiger partial charge on any atom is -0.478 e. The van der Waals surface area contributed by atoms with Gasteiger partial charge in [-0.25, -0.2) is 9.18 Å². The summed E-state index contributed by atoms with van der Waals surface area (Å²) in [5.74, 6) is -1.33. The molecule has 0 aliphatic carbocycles. The second-order valence-electron chi connectivity index (χ2n) is 3.99. The first-order chi connectivity index (χ1) is 8.56. The molecule has 92 valence electrons. The number of aryl methyl sites for hydroxylation is 1. The molecule has 0 unspecified atom stereocenters. The summed E-state index contributed by atoms with van der Waals surface area (Å²) < 4.78 is 12.8. The van der Waals surface area contributed by atoms with Crippen LogP contribution in [0.3, 0.4) is 0 Å². The summed E-state index contributed by atoms with van der Waals surface area (Å²) in [7, 11) is 0. The number of carboxylic acids is 1. The van der Waals surface area contributed by atoms with Crippen molar-refractivity contribution < 1.29 is 14.3 Å². The Balaban J connectivity index is 2.34. The third-order valence-corrected chi connectivity index (χ3v) is 2.53. The van der Waals surface area contributed by atoms with Crippen LogP contribution in [0.2, 0.25) is 0 Å². The Labute approximate surface area is 104 Å². The first-order valence-electron chi connectivity index (χ1n) is 5.43. The van der Waals surface area contributed by atoms with Crippen LogP contribution in [-0.2, 0) is 0 Å². The molecule has 0 amide bonds. The lowest BCUT2D eigenvalue weighted by Gasteiger charge is -2.10. The number of halogens is 1. The molecule has 0 aliphatic rings. The van der Waals surface area contributed by atoms with Crippen molar-refractivity contribution in [3.8, 4) is 0 Å². The highest BCUT2D eigenvalue weighted by Crippen LogP contribution is 2.22. The number of aromatic carboxylic acids is 1. The summed E-state index contributed by atoms with van der Waals surface area (Å²) in [5, 5.41) is 12.1. The molecule has 0 atom stereocenters. The lowest BCUT2D eigenvalue weighted by Crippen LogP contribution is -2.03.